The average molecular weight is 330 g/mol. The molecular formula is C15H14N4O5. The minimum Gasteiger partial charge on any atom is -0.480 e. The number of aromatic nitrogens is 2. The average Bonchev–Trinajstić information content (AvgIpc) is 3.27. The Morgan fingerprint density at radius 3 is 2.67 bits per heavy atom. The molecule has 1 aromatic heterocycles. The van der Waals surface area contributed by atoms with E-state index in [0.29, 0.717) is 0 Å². The molecule has 1 atom stereocenters. The molecule has 2 aromatic rings. The number of hydrogen-bond acceptors (Lipinski definition) is 5. The van der Waals surface area contributed by atoms with Crippen molar-refractivity contribution in [2.24, 2.45) is 5.92 Å². The second kappa shape index (κ2) is 6.11. The van der Waals surface area contributed by atoms with Gasteiger partial charge >= 0.3 is 5.97 Å². The Morgan fingerprint density at radius 1 is 1.33 bits per heavy atom. The Balaban J connectivity index is 1.82. The number of carbonyl (C=O) groups is 2. The normalized spacial score (nSPS) is 14.8. The lowest BCUT2D eigenvalue weighted by molar-refractivity contribution is -0.384. The summed E-state index contributed by atoms with van der Waals surface area (Å²) in [6.45, 7) is 0. The van der Waals surface area contributed by atoms with Crippen LogP contribution in [0.25, 0.3) is 5.69 Å². The van der Waals surface area contributed by atoms with E-state index in [1.165, 1.54) is 35.1 Å². The Labute approximate surface area is 136 Å². The smallest absolute Gasteiger partial charge is 0.326 e. The zero-order valence-corrected chi connectivity index (χ0v) is 12.5. The maximum Gasteiger partial charge on any atom is 0.326 e. The molecule has 1 heterocycles. The third-order valence-electron chi connectivity index (χ3n) is 3.79. The fourth-order valence-corrected chi connectivity index (χ4v) is 2.42. The first-order valence-electron chi connectivity index (χ1n) is 7.30. The number of carboxylic acid groups (broad SMARTS) is 1. The van der Waals surface area contributed by atoms with E-state index in [0.717, 1.165) is 12.8 Å². The predicted molar refractivity (Wildman–Crippen MR) is 81.8 cm³/mol. The number of aliphatic carboxylic acids is 1. The van der Waals surface area contributed by atoms with Crippen molar-refractivity contribution in [3.63, 3.8) is 0 Å². The standard InChI is InChI=1S/C15H14N4O5/c20-14(16-13(15(21)22)9-5-6-9)10-7-8-18(17-10)11-3-1-2-4-12(11)19(23)24/h1-4,7-9,13H,5-6H2,(H,16,20)(H,21,22). The zero-order valence-electron chi connectivity index (χ0n) is 12.5. The van der Waals surface area contributed by atoms with Crippen molar-refractivity contribution >= 4 is 17.6 Å². The first-order chi connectivity index (χ1) is 11.5. The summed E-state index contributed by atoms with van der Waals surface area (Å²) in [7, 11) is 0. The number of rotatable bonds is 6. The van der Waals surface area contributed by atoms with Crippen molar-refractivity contribution in [1.82, 2.24) is 15.1 Å². The monoisotopic (exact) mass is 330 g/mol. The lowest BCUT2D eigenvalue weighted by Gasteiger charge is -2.12. The van der Waals surface area contributed by atoms with E-state index < -0.39 is 22.8 Å². The Hall–Kier alpha value is -3.23. The van der Waals surface area contributed by atoms with E-state index in [9.17, 15) is 19.7 Å². The van der Waals surface area contributed by atoms with Gasteiger partial charge in [-0.25, -0.2) is 9.48 Å². The summed E-state index contributed by atoms with van der Waals surface area (Å²) in [6, 6.07) is 6.45. The number of para-hydroxylation sites is 2. The zero-order chi connectivity index (χ0) is 17.3. The highest BCUT2D eigenvalue weighted by Gasteiger charge is 2.37. The SMILES string of the molecule is O=C(NC(C(=O)O)C1CC1)c1ccn(-c2ccccc2[N+](=O)[O-])n1. The Morgan fingerprint density at radius 2 is 2.04 bits per heavy atom. The highest BCUT2D eigenvalue weighted by Crippen LogP contribution is 2.32. The van der Waals surface area contributed by atoms with Crippen LogP contribution in [0.2, 0.25) is 0 Å². The fourth-order valence-electron chi connectivity index (χ4n) is 2.42. The third kappa shape index (κ3) is 3.09. The van der Waals surface area contributed by atoms with Crippen LogP contribution in [0.1, 0.15) is 23.3 Å². The number of nitro benzene ring substituents is 1. The molecule has 1 unspecified atom stereocenters. The number of carbonyl (C=O) groups excluding carboxylic acids is 1. The van der Waals surface area contributed by atoms with Gasteiger partial charge in [0.05, 0.1) is 4.92 Å². The van der Waals surface area contributed by atoms with Crippen LogP contribution in [0.15, 0.2) is 36.5 Å². The minimum atomic E-state index is -1.08. The largest absolute Gasteiger partial charge is 0.480 e. The molecule has 1 aliphatic carbocycles. The Bertz CT molecular complexity index is 812. The van der Waals surface area contributed by atoms with E-state index in [2.05, 4.69) is 10.4 Å². The number of carboxylic acids is 1. The molecule has 0 saturated heterocycles. The van der Waals surface area contributed by atoms with Gasteiger partial charge in [-0.3, -0.25) is 14.9 Å². The number of nitrogens with zero attached hydrogens (tertiary/aromatic N) is 3. The molecule has 24 heavy (non-hydrogen) atoms. The number of benzene rings is 1. The summed E-state index contributed by atoms with van der Waals surface area (Å²) < 4.78 is 1.22. The molecular weight excluding hydrogens is 316 g/mol. The second-order valence-electron chi connectivity index (χ2n) is 5.52. The Kier molecular flexibility index (Phi) is 3.98. The number of hydrogen-bond donors (Lipinski definition) is 2. The van der Waals surface area contributed by atoms with E-state index >= 15 is 0 Å². The van der Waals surface area contributed by atoms with Crippen LogP contribution in [0.5, 0.6) is 0 Å². The summed E-state index contributed by atoms with van der Waals surface area (Å²) >= 11 is 0. The topological polar surface area (TPSA) is 127 Å². The van der Waals surface area contributed by atoms with Crippen LogP contribution in [0, 0.1) is 16.0 Å². The van der Waals surface area contributed by atoms with Crippen molar-refractivity contribution in [1.29, 1.82) is 0 Å². The maximum atomic E-state index is 12.2. The lowest BCUT2D eigenvalue weighted by Crippen LogP contribution is -2.42. The number of nitro groups is 1. The molecule has 0 radical (unpaired) electrons. The highest BCUT2D eigenvalue weighted by atomic mass is 16.6. The van der Waals surface area contributed by atoms with Gasteiger partial charge in [0, 0.05) is 12.3 Å². The predicted octanol–water partition coefficient (Wildman–Crippen LogP) is 1.37. The van der Waals surface area contributed by atoms with Crippen molar-refractivity contribution in [3.8, 4) is 5.69 Å². The van der Waals surface area contributed by atoms with Crippen molar-refractivity contribution in [3.05, 3.63) is 52.3 Å². The molecule has 9 nitrogen and oxygen atoms in total. The maximum absolute atomic E-state index is 12.2. The van der Waals surface area contributed by atoms with Gasteiger partial charge < -0.3 is 10.4 Å². The summed E-state index contributed by atoms with van der Waals surface area (Å²) in [5.41, 5.74) is 0.0764. The summed E-state index contributed by atoms with van der Waals surface area (Å²) in [6.07, 6.45) is 2.95. The molecule has 0 aliphatic heterocycles. The third-order valence-corrected chi connectivity index (χ3v) is 3.79. The van der Waals surface area contributed by atoms with Gasteiger partial charge in [-0.05, 0) is 30.9 Å². The van der Waals surface area contributed by atoms with Crippen LogP contribution in [-0.4, -0.2) is 37.7 Å². The van der Waals surface area contributed by atoms with Crippen LogP contribution >= 0.6 is 0 Å². The van der Waals surface area contributed by atoms with E-state index in [1.807, 2.05) is 0 Å². The molecule has 1 aliphatic rings. The van der Waals surface area contributed by atoms with Gasteiger partial charge in [-0.2, -0.15) is 5.10 Å². The van der Waals surface area contributed by atoms with E-state index in [4.69, 9.17) is 5.11 Å². The first-order valence-corrected chi connectivity index (χ1v) is 7.30. The van der Waals surface area contributed by atoms with Gasteiger partial charge in [0.25, 0.3) is 11.6 Å². The molecule has 9 heteroatoms. The van der Waals surface area contributed by atoms with Crippen molar-refractivity contribution in [2.75, 3.05) is 0 Å². The first kappa shape index (κ1) is 15.7. The fraction of sp³-hybridized carbons (Fsp3) is 0.267. The summed E-state index contributed by atoms with van der Waals surface area (Å²) in [4.78, 5) is 33.9. The van der Waals surface area contributed by atoms with Gasteiger partial charge in [-0.15, -0.1) is 0 Å². The van der Waals surface area contributed by atoms with Gasteiger partial charge in [-0.1, -0.05) is 12.1 Å². The summed E-state index contributed by atoms with van der Waals surface area (Å²) in [5, 5.41) is 26.7. The van der Waals surface area contributed by atoms with Crippen molar-refractivity contribution in [2.45, 2.75) is 18.9 Å². The van der Waals surface area contributed by atoms with Crippen LogP contribution in [0.3, 0.4) is 0 Å². The second-order valence-corrected chi connectivity index (χ2v) is 5.52. The summed E-state index contributed by atoms with van der Waals surface area (Å²) in [5.74, 6) is -1.75. The molecule has 124 valence electrons. The molecule has 1 amide bonds. The van der Waals surface area contributed by atoms with Crippen LogP contribution in [-0.2, 0) is 4.79 Å². The molecule has 0 bridgehead atoms. The quantitative estimate of drug-likeness (QED) is 0.608. The minimum absolute atomic E-state index is 0.0000472. The molecule has 1 aromatic carbocycles. The molecule has 3 rings (SSSR count). The molecule has 2 N–H and O–H groups in total. The number of nitrogens with one attached hydrogen (secondary N) is 1. The molecule has 1 fully saturated rings. The van der Waals surface area contributed by atoms with E-state index in [-0.39, 0.29) is 23.0 Å². The molecule has 0 spiro atoms. The van der Waals surface area contributed by atoms with Crippen LogP contribution in [0.4, 0.5) is 5.69 Å². The lowest BCUT2D eigenvalue weighted by atomic mass is 10.2. The highest BCUT2D eigenvalue weighted by molar-refractivity contribution is 5.95. The van der Waals surface area contributed by atoms with E-state index in [1.54, 1.807) is 6.07 Å². The molecule has 1 saturated carbocycles. The van der Waals surface area contributed by atoms with Crippen molar-refractivity contribution < 1.29 is 19.6 Å². The number of amides is 1. The van der Waals surface area contributed by atoms with Gasteiger partial charge in [0.15, 0.2) is 5.69 Å². The van der Waals surface area contributed by atoms with Gasteiger partial charge in [0.1, 0.15) is 11.7 Å². The van der Waals surface area contributed by atoms with Gasteiger partial charge in [0.2, 0.25) is 0 Å². The van der Waals surface area contributed by atoms with Crippen LogP contribution < -0.4 is 5.32 Å².